The van der Waals surface area contributed by atoms with Gasteiger partial charge in [0.05, 0.1) is 31.7 Å². The van der Waals surface area contributed by atoms with Gasteiger partial charge in [0, 0.05) is 17.5 Å². The highest BCUT2D eigenvalue weighted by molar-refractivity contribution is 5.85. The molecule has 1 N–H and O–H groups in total. The molecule has 0 aliphatic carbocycles. The summed E-state index contributed by atoms with van der Waals surface area (Å²) in [7, 11) is 1.64. The summed E-state index contributed by atoms with van der Waals surface area (Å²) in [5.41, 5.74) is 4.18. The molecular formula is C31H30N6O4. The molecule has 0 unspecified atom stereocenters. The number of rotatable bonds is 10. The van der Waals surface area contributed by atoms with Gasteiger partial charge >= 0.3 is 0 Å². The molecule has 41 heavy (non-hydrogen) atoms. The number of aromatic nitrogens is 5. The van der Waals surface area contributed by atoms with Crippen molar-refractivity contribution < 1.29 is 13.6 Å². The number of ether oxygens (including phenoxy) is 1. The van der Waals surface area contributed by atoms with Crippen molar-refractivity contribution in [2.24, 2.45) is 0 Å². The molecule has 0 radical (unpaired) electrons. The number of nitrogens with one attached hydrogen (secondary N) is 1. The molecule has 6 rings (SSSR count). The number of nitrogens with zero attached hydrogens (tertiary/aromatic N) is 5. The number of pyridine rings is 1. The predicted molar refractivity (Wildman–Crippen MR) is 152 cm³/mol. The lowest BCUT2D eigenvalue weighted by molar-refractivity contribution is 0.178. The van der Waals surface area contributed by atoms with Crippen LogP contribution < -0.4 is 10.3 Å². The Labute approximate surface area is 236 Å². The minimum Gasteiger partial charge on any atom is -0.497 e. The molecule has 4 aromatic heterocycles. The highest BCUT2D eigenvalue weighted by atomic mass is 16.5. The van der Waals surface area contributed by atoms with Crippen LogP contribution in [0.3, 0.4) is 0 Å². The third-order valence-corrected chi connectivity index (χ3v) is 7.28. The number of hydrogen-bond acceptors (Lipinski definition) is 8. The predicted octanol–water partition coefficient (Wildman–Crippen LogP) is 5.17. The van der Waals surface area contributed by atoms with Crippen LogP contribution in [0.4, 0.5) is 0 Å². The molecule has 208 valence electrons. The number of H-pyrrole nitrogens is 1. The molecule has 6 aromatic rings. The first kappa shape index (κ1) is 26.3. The first-order valence-electron chi connectivity index (χ1n) is 13.3. The average molecular weight is 551 g/mol. The van der Waals surface area contributed by atoms with Gasteiger partial charge in [-0.3, -0.25) is 9.69 Å². The molecule has 1 atom stereocenters. The first-order chi connectivity index (χ1) is 20.0. The third kappa shape index (κ3) is 5.42. The molecule has 4 heterocycles. The van der Waals surface area contributed by atoms with Crippen LogP contribution in [0.15, 0.2) is 92.9 Å². The van der Waals surface area contributed by atoms with E-state index in [-0.39, 0.29) is 5.56 Å². The standard InChI is InChI=1S/C31H30N6O4/c1-20-11-12-21(2)28-26(20)16-27(31(38)32-28)29(30-33-34-35-37(30)19-25-10-6-14-41-25)36(18-24-9-5-13-40-24)17-22-7-4-8-23(15-22)39-3/h4-16,29H,17-19H2,1-3H3,(H,32,38)/t29-/m0/s1. The van der Waals surface area contributed by atoms with Gasteiger partial charge in [-0.2, -0.15) is 0 Å². The largest absolute Gasteiger partial charge is 0.497 e. The van der Waals surface area contributed by atoms with Gasteiger partial charge in [-0.25, -0.2) is 4.68 Å². The lowest BCUT2D eigenvalue weighted by Crippen LogP contribution is -2.35. The van der Waals surface area contributed by atoms with Crippen molar-refractivity contribution in [3.63, 3.8) is 0 Å². The van der Waals surface area contributed by atoms with Crippen LogP contribution in [0.1, 0.15) is 45.6 Å². The van der Waals surface area contributed by atoms with E-state index in [9.17, 15) is 4.79 Å². The van der Waals surface area contributed by atoms with Crippen molar-refractivity contribution in [3.8, 4) is 5.75 Å². The van der Waals surface area contributed by atoms with Crippen molar-refractivity contribution in [1.29, 1.82) is 0 Å². The van der Waals surface area contributed by atoms with Crippen LogP contribution in [-0.2, 0) is 19.6 Å². The maximum atomic E-state index is 13.9. The zero-order chi connectivity index (χ0) is 28.3. The van der Waals surface area contributed by atoms with Crippen molar-refractivity contribution in [1.82, 2.24) is 30.1 Å². The topological polar surface area (TPSA) is 115 Å². The molecule has 0 bridgehead atoms. The zero-order valence-corrected chi connectivity index (χ0v) is 23.1. The van der Waals surface area contributed by atoms with E-state index in [0.29, 0.717) is 36.8 Å². The number of tetrazole rings is 1. The summed E-state index contributed by atoms with van der Waals surface area (Å²) in [4.78, 5) is 19.2. The second-order valence-corrected chi connectivity index (χ2v) is 10.1. The minimum absolute atomic E-state index is 0.209. The monoisotopic (exact) mass is 550 g/mol. The number of hydrogen-bond donors (Lipinski definition) is 1. The summed E-state index contributed by atoms with van der Waals surface area (Å²) in [6, 6.07) is 20.7. The van der Waals surface area contributed by atoms with Crippen molar-refractivity contribution >= 4 is 10.9 Å². The Morgan fingerprint density at radius 3 is 2.49 bits per heavy atom. The molecule has 0 spiro atoms. The van der Waals surface area contributed by atoms with Gasteiger partial charge in [-0.05, 0) is 83.4 Å². The molecule has 0 fully saturated rings. The van der Waals surface area contributed by atoms with Gasteiger partial charge in [0.2, 0.25) is 0 Å². The summed E-state index contributed by atoms with van der Waals surface area (Å²) < 4.78 is 18.5. The van der Waals surface area contributed by atoms with Crippen molar-refractivity contribution in [3.05, 3.63) is 129 Å². The van der Waals surface area contributed by atoms with E-state index in [4.69, 9.17) is 13.6 Å². The Kier molecular flexibility index (Phi) is 7.22. The van der Waals surface area contributed by atoms with E-state index in [1.165, 1.54) is 0 Å². The van der Waals surface area contributed by atoms with Crippen LogP contribution in [0, 0.1) is 13.8 Å². The van der Waals surface area contributed by atoms with Crippen LogP contribution >= 0.6 is 0 Å². The summed E-state index contributed by atoms with van der Waals surface area (Å²) in [5.74, 6) is 2.69. The molecule has 0 saturated carbocycles. The van der Waals surface area contributed by atoms with E-state index in [1.807, 2.05) is 74.5 Å². The second kappa shape index (κ2) is 11.3. The Balaban J connectivity index is 1.55. The fraction of sp³-hybridized carbons (Fsp3) is 0.226. The number of aryl methyl sites for hydroxylation is 2. The number of benzene rings is 2. The summed E-state index contributed by atoms with van der Waals surface area (Å²) >= 11 is 0. The molecule has 10 nitrogen and oxygen atoms in total. The lowest BCUT2D eigenvalue weighted by Gasteiger charge is -2.30. The van der Waals surface area contributed by atoms with Gasteiger partial charge in [0.25, 0.3) is 5.56 Å². The van der Waals surface area contributed by atoms with Gasteiger partial charge in [-0.1, -0.05) is 24.3 Å². The molecular weight excluding hydrogens is 520 g/mol. The fourth-order valence-electron chi connectivity index (χ4n) is 5.21. The van der Waals surface area contributed by atoms with E-state index < -0.39 is 6.04 Å². The van der Waals surface area contributed by atoms with Gasteiger partial charge in [0.15, 0.2) is 5.82 Å². The number of fused-ring (bicyclic) bond motifs is 1. The first-order valence-corrected chi connectivity index (χ1v) is 13.3. The van der Waals surface area contributed by atoms with Gasteiger partial charge in [0.1, 0.15) is 29.9 Å². The highest BCUT2D eigenvalue weighted by Gasteiger charge is 2.32. The zero-order valence-electron chi connectivity index (χ0n) is 23.1. The van der Waals surface area contributed by atoms with E-state index in [0.717, 1.165) is 39.1 Å². The fourth-order valence-corrected chi connectivity index (χ4v) is 5.21. The summed E-state index contributed by atoms with van der Waals surface area (Å²) in [6.07, 6.45) is 3.26. The van der Waals surface area contributed by atoms with E-state index in [2.05, 4.69) is 31.5 Å². The van der Waals surface area contributed by atoms with E-state index >= 15 is 0 Å². The normalized spacial score (nSPS) is 12.3. The Morgan fingerprint density at radius 2 is 1.73 bits per heavy atom. The quantitative estimate of drug-likeness (QED) is 0.249. The maximum absolute atomic E-state index is 13.9. The minimum atomic E-state index is -0.635. The maximum Gasteiger partial charge on any atom is 0.253 e. The summed E-state index contributed by atoms with van der Waals surface area (Å²) in [6.45, 7) is 5.19. The highest BCUT2D eigenvalue weighted by Crippen LogP contribution is 2.32. The molecule has 2 aromatic carbocycles. The molecule has 0 saturated heterocycles. The molecule has 0 aliphatic heterocycles. The average Bonchev–Trinajstić information content (AvgIpc) is 3.77. The smallest absolute Gasteiger partial charge is 0.253 e. The number of aromatic amines is 1. The number of furan rings is 2. The second-order valence-electron chi connectivity index (χ2n) is 10.1. The van der Waals surface area contributed by atoms with Crippen LogP contribution in [-0.4, -0.2) is 37.2 Å². The van der Waals surface area contributed by atoms with E-state index in [1.54, 1.807) is 24.3 Å². The van der Waals surface area contributed by atoms with Crippen LogP contribution in [0.5, 0.6) is 5.75 Å². The summed E-state index contributed by atoms with van der Waals surface area (Å²) in [5, 5.41) is 13.8. The van der Waals surface area contributed by atoms with Crippen LogP contribution in [0.25, 0.3) is 10.9 Å². The molecule has 0 amide bonds. The Morgan fingerprint density at radius 1 is 0.951 bits per heavy atom. The van der Waals surface area contributed by atoms with Crippen LogP contribution in [0.2, 0.25) is 0 Å². The third-order valence-electron chi connectivity index (χ3n) is 7.28. The number of methoxy groups -OCH3 is 1. The van der Waals surface area contributed by atoms with Crippen molar-refractivity contribution in [2.75, 3.05) is 7.11 Å². The van der Waals surface area contributed by atoms with Crippen molar-refractivity contribution in [2.45, 2.75) is 39.5 Å². The lowest BCUT2D eigenvalue weighted by atomic mass is 9.99. The van der Waals surface area contributed by atoms with Gasteiger partial charge < -0.3 is 18.6 Å². The van der Waals surface area contributed by atoms with Gasteiger partial charge in [-0.15, -0.1) is 5.10 Å². The SMILES string of the molecule is COc1cccc(CN(Cc2ccco2)[C@@H](c2cc3c(C)ccc(C)c3[nH]c2=O)c2nnnn2Cc2ccco2)c1. The molecule has 0 aliphatic rings. The molecule has 10 heteroatoms. The Hall–Kier alpha value is -4.96. The Bertz CT molecular complexity index is 1820.